The standard InChI is InChI=1S/C12H12N4S2/c1-7-5-17-11(14-7)6-18-12-15-9-3-2-8(13)4-10(9)16-12/h2-5H,6,13H2,1H3,(H,15,16). The Morgan fingerprint density at radius 3 is 3.06 bits per heavy atom. The number of benzene rings is 1. The van der Waals surface area contributed by atoms with Crippen molar-refractivity contribution in [3.63, 3.8) is 0 Å². The Morgan fingerprint density at radius 1 is 1.39 bits per heavy atom. The third-order valence-electron chi connectivity index (χ3n) is 2.48. The van der Waals surface area contributed by atoms with E-state index in [-0.39, 0.29) is 0 Å². The number of hydrogen-bond acceptors (Lipinski definition) is 5. The van der Waals surface area contributed by atoms with E-state index >= 15 is 0 Å². The van der Waals surface area contributed by atoms with E-state index in [0.29, 0.717) is 0 Å². The molecule has 0 bridgehead atoms. The van der Waals surface area contributed by atoms with Crippen molar-refractivity contribution in [3.05, 3.63) is 34.3 Å². The number of thiazole rings is 1. The topological polar surface area (TPSA) is 67.6 Å². The second kappa shape index (κ2) is 4.62. The van der Waals surface area contributed by atoms with Crippen molar-refractivity contribution in [1.82, 2.24) is 15.0 Å². The Balaban J connectivity index is 1.78. The van der Waals surface area contributed by atoms with Crippen molar-refractivity contribution in [1.29, 1.82) is 0 Å². The number of aryl methyl sites for hydroxylation is 1. The first-order chi connectivity index (χ1) is 8.70. The van der Waals surface area contributed by atoms with Gasteiger partial charge in [-0.2, -0.15) is 0 Å². The molecule has 0 aliphatic carbocycles. The highest BCUT2D eigenvalue weighted by atomic mass is 32.2. The lowest BCUT2D eigenvalue weighted by Crippen LogP contribution is -1.82. The average Bonchev–Trinajstić information content (AvgIpc) is 2.92. The Kier molecular flexibility index (Phi) is 2.97. The third-order valence-corrected chi connectivity index (χ3v) is 4.52. The minimum absolute atomic E-state index is 0.748. The first-order valence-electron chi connectivity index (χ1n) is 5.50. The van der Waals surface area contributed by atoms with Crippen LogP contribution in [-0.4, -0.2) is 15.0 Å². The third kappa shape index (κ3) is 2.34. The highest BCUT2D eigenvalue weighted by molar-refractivity contribution is 7.98. The second-order valence-electron chi connectivity index (χ2n) is 3.99. The number of nitrogens with zero attached hydrogens (tertiary/aromatic N) is 2. The number of H-pyrrole nitrogens is 1. The zero-order valence-electron chi connectivity index (χ0n) is 9.80. The van der Waals surface area contributed by atoms with Crippen LogP contribution >= 0.6 is 23.1 Å². The van der Waals surface area contributed by atoms with Crippen LogP contribution in [0.25, 0.3) is 11.0 Å². The second-order valence-corrected chi connectivity index (χ2v) is 5.90. The molecule has 0 atom stereocenters. The van der Waals surface area contributed by atoms with Crippen LogP contribution in [0.5, 0.6) is 0 Å². The molecule has 0 fully saturated rings. The zero-order chi connectivity index (χ0) is 12.5. The molecule has 2 heterocycles. The van der Waals surface area contributed by atoms with E-state index in [1.54, 1.807) is 23.1 Å². The van der Waals surface area contributed by atoms with Gasteiger partial charge in [0.05, 0.1) is 16.8 Å². The summed E-state index contributed by atoms with van der Waals surface area (Å²) in [4.78, 5) is 12.2. The molecular formula is C12H12N4S2. The van der Waals surface area contributed by atoms with E-state index in [4.69, 9.17) is 5.73 Å². The van der Waals surface area contributed by atoms with Gasteiger partial charge in [0, 0.05) is 16.8 Å². The van der Waals surface area contributed by atoms with Crippen molar-refractivity contribution >= 4 is 39.8 Å². The van der Waals surface area contributed by atoms with Gasteiger partial charge in [-0.15, -0.1) is 11.3 Å². The van der Waals surface area contributed by atoms with Crippen LogP contribution in [-0.2, 0) is 5.75 Å². The molecule has 3 aromatic rings. The summed E-state index contributed by atoms with van der Waals surface area (Å²) in [6, 6.07) is 5.69. The molecule has 2 aromatic heterocycles. The number of nitrogens with two attached hydrogens (primary N) is 1. The first-order valence-corrected chi connectivity index (χ1v) is 7.36. The van der Waals surface area contributed by atoms with Gasteiger partial charge >= 0.3 is 0 Å². The maximum absolute atomic E-state index is 5.74. The maximum atomic E-state index is 5.74. The fraction of sp³-hybridized carbons (Fsp3) is 0.167. The minimum atomic E-state index is 0.748. The molecule has 3 rings (SSSR count). The van der Waals surface area contributed by atoms with Gasteiger partial charge < -0.3 is 10.7 Å². The van der Waals surface area contributed by atoms with Crippen molar-refractivity contribution in [3.8, 4) is 0 Å². The number of rotatable bonds is 3. The quantitative estimate of drug-likeness (QED) is 0.569. The lowest BCUT2D eigenvalue weighted by Gasteiger charge is -1.92. The zero-order valence-corrected chi connectivity index (χ0v) is 11.4. The fourth-order valence-corrected chi connectivity index (χ4v) is 3.35. The molecule has 0 amide bonds. The van der Waals surface area contributed by atoms with Crippen molar-refractivity contribution in [2.75, 3.05) is 5.73 Å². The number of anilines is 1. The van der Waals surface area contributed by atoms with Gasteiger partial charge in [0.1, 0.15) is 5.01 Å². The summed E-state index contributed by atoms with van der Waals surface area (Å²) in [6.07, 6.45) is 0. The summed E-state index contributed by atoms with van der Waals surface area (Å²) in [5.74, 6) is 0.841. The molecule has 0 saturated heterocycles. The van der Waals surface area contributed by atoms with Crippen molar-refractivity contribution in [2.24, 2.45) is 0 Å². The van der Waals surface area contributed by atoms with E-state index in [9.17, 15) is 0 Å². The van der Waals surface area contributed by atoms with Gasteiger partial charge in [-0.1, -0.05) is 11.8 Å². The van der Waals surface area contributed by atoms with E-state index in [1.165, 1.54) is 0 Å². The predicted octanol–water partition coefficient (Wildman–Crippen LogP) is 3.20. The van der Waals surface area contributed by atoms with Gasteiger partial charge in [0.2, 0.25) is 0 Å². The van der Waals surface area contributed by atoms with Crippen molar-refractivity contribution in [2.45, 2.75) is 17.8 Å². The summed E-state index contributed by atoms with van der Waals surface area (Å²) in [5, 5.41) is 4.09. The molecule has 18 heavy (non-hydrogen) atoms. The SMILES string of the molecule is Cc1csc(CSc2nc3ccc(N)cc3[nH]2)n1. The number of hydrogen-bond donors (Lipinski definition) is 2. The van der Waals surface area contributed by atoms with Crippen LogP contribution in [0.4, 0.5) is 5.69 Å². The monoisotopic (exact) mass is 276 g/mol. The number of nitrogens with one attached hydrogen (secondary N) is 1. The normalized spacial score (nSPS) is 11.2. The van der Waals surface area contributed by atoms with E-state index < -0.39 is 0 Å². The van der Waals surface area contributed by atoms with Gasteiger partial charge in [0.15, 0.2) is 5.16 Å². The molecule has 0 radical (unpaired) electrons. The predicted molar refractivity (Wildman–Crippen MR) is 76.9 cm³/mol. The molecule has 0 aliphatic rings. The fourth-order valence-electron chi connectivity index (χ4n) is 1.67. The van der Waals surface area contributed by atoms with Crippen LogP contribution in [0.3, 0.4) is 0 Å². The summed E-state index contributed by atoms with van der Waals surface area (Å²) in [7, 11) is 0. The van der Waals surface area contributed by atoms with E-state index in [1.807, 2.05) is 25.1 Å². The van der Waals surface area contributed by atoms with E-state index in [2.05, 4.69) is 20.3 Å². The number of imidazole rings is 1. The molecule has 1 aromatic carbocycles. The Bertz CT molecular complexity index is 686. The van der Waals surface area contributed by atoms with Crippen LogP contribution in [0, 0.1) is 6.92 Å². The van der Waals surface area contributed by atoms with E-state index in [0.717, 1.165) is 38.3 Å². The molecule has 0 aliphatic heterocycles. The molecule has 6 heteroatoms. The first kappa shape index (κ1) is 11.6. The van der Waals surface area contributed by atoms with Crippen LogP contribution in [0.15, 0.2) is 28.7 Å². The molecule has 4 nitrogen and oxygen atoms in total. The molecule has 3 N–H and O–H groups in total. The number of thioether (sulfide) groups is 1. The van der Waals surface area contributed by atoms with Gasteiger partial charge in [0.25, 0.3) is 0 Å². The molecule has 0 saturated carbocycles. The number of nitrogen functional groups attached to an aromatic ring is 1. The lowest BCUT2D eigenvalue weighted by molar-refractivity contribution is 1.07. The highest BCUT2D eigenvalue weighted by Crippen LogP contribution is 2.25. The summed E-state index contributed by atoms with van der Waals surface area (Å²) in [5.41, 5.74) is 9.49. The van der Waals surface area contributed by atoms with Crippen LogP contribution in [0.2, 0.25) is 0 Å². The number of fused-ring (bicyclic) bond motifs is 1. The van der Waals surface area contributed by atoms with Gasteiger partial charge in [-0.25, -0.2) is 9.97 Å². The highest BCUT2D eigenvalue weighted by Gasteiger charge is 2.05. The van der Waals surface area contributed by atoms with Crippen LogP contribution < -0.4 is 5.73 Å². The van der Waals surface area contributed by atoms with Crippen LogP contribution in [0.1, 0.15) is 10.7 Å². The van der Waals surface area contributed by atoms with Gasteiger partial charge in [-0.05, 0) is 25.1 Å². The summed E-state index contributed by atoms with van der Waals surface area (Å²) < 4.78 is 0. The largest absolute Gasteiger partial charge is 0.399 e. The number of aromatic amines is 1. The van der Waals surface area contributed by atoms with Crippen molar-refractivity contribution < 1.29 is 0 Å². The average molecular weight is 276 g/mol. The maximum Gasteiger partial charge on any atom is 0.166 e. The molecule has 0 unspecified atom stereocenters. The lowest BCUT2D eigenvalue weighted by atomic mass is 10.3. The smallest absolute Gasteiger partial charge is 0.166 e. The Labute approximate surface area is 113 Å². The molecular weight excluding hydrogens is 264 g/mol. The Hall–Kier alpha value is -1.53. The Morgan fingerprint density at radius 2 is 2.28 bits per heavy atom. The minimum Gasteiger partial charge on any atom is -0.399 e. The molecule has 0 spiro atoms. The summed E-state index contributed by atoms with van der Waals surface area (Å²) >= 11 is 3.34. The molecule has 92 valence electrons. The number of aromatic nitrogens is 3. The summed E-state index contributed by atoms with van der Waals surface area (Å²) in [6.45, 7) is 2.01. The van der Waals surface area contributed by atoms with Gasteiger partial charge in [-0.3, -0.25) is 0 Å².